The van der Waals surface area contributed by atoms with Crippen molar-refractivity contribution >= 4 is 28.8 Å². The molecule has 1 aliphatic heterocycles. The molecule has 1 atom stereocenters. The van der Waals surface area contributed by atoms with Gasteiger partial charge in [-0.2, -0.15) is 0 Å². The smallest absolute Gasteiger partial charge is 0.249 e. The van der Waals surface area contributed by atoms with E-state index >= 15 is 0 Å². The largest absolute Gasteiger partial charge is 0.366 e. The number of piperidine rings is 1. The van der Waals surface area contributed by atoms with Crippen LogP contribution in [-0.4, -0.2) is 36.3 Å². The predicted molar refractivity (Wildman–Crippen MR) is 96.1 cm³/mol. The summed E-state index contributed by atoms with van der Waals surface area (Å²) in [4.78, 5) is 29.1. The lowest BCUT2D eigenvalue weighted by Gasteiger charge is -2.36. The number of nitrogens with zero attached hydrogens (tertiary/aromatic N) is 2. The maximum atomic E-state index is 12.9. The lowest BCUT2D eigenvalue weighted by Crippen LogP contribution is -2.51. The van der Waals surface area contributed by atoms with Crippen molar-refractivity contribution in [2.45, 2.75) is 25.4 Å². The van der Waals surface area contributed by atoms with E-state index in [1.54, 1.807) is 5.38 Å². The number of amides is 2. The van der Waals surface area contributed by atoms with Crippen molar-refractivity contribution < 1.29 is 9.59 Å². The molecule has 2 heterocycles. The number of primary amides is 1. The number of anilines is 1. The van der Waals surface area contributed by atoms with Crippen LogP contribution in [0.2, 0.25) is 0 Å². The highest BCUT2D eigenvalue weighted by Gasteiger charge is 2.32. The fourth-order valence-corrected chi connectivity index (χ4v) is 4.01. The van der Waals surface area contributed by atoms with Gasteiger partial charge in [0, 0.05) is 29.0 Å². The van der Waals surface area contributed by atoms with Crippen LogP contribution in [0.15, 0.2) is 41.8 Å². The lowest BCUT2D eigenvalue weighted by molar-refractivity contribution is -0.125. The van der Waals surface area contributed by atoms with E-state index in [-0.39, 0.29) is 11.9 Å². The minimum absolute atomic E-state index is 0.140. The van der Waals surface area contributed by atoms with Crippen molar-refractivity contribution in [2.75, 3.05) is 18.5 Å². The third kappa shape index (κ3) is 3.49. The van der Waals surface area contributed by atoms with Crippen molar-refractivity contribution in [2.24, 2.45) is 5.73 Å². The van der Waals surface area contributed by atoms with Gasteiger partial charge in [0.15, 0.2) is 0 Å². The topological polar surface area (TPSA) is 66.6 Å². The van der Waals surface area contributed by atoms with Crippen molar-refractivity contribution in [3.05, 3.63) is 52.2 Å². The molecule has 1 aromatic heterocycles. The Kier molecular flexibility index (Phi) is 4.97. The zero-order valence-electron chi connectivity index (χ0n) is 13.6. The number of nitrogens with two attached hydrogens (primary N) is 1. The Bertz CT molecular complexity index is 729. The molecule has 2 N–H and O–H groups in total. The van der Waals surface area contributed by atoms with E-state index in [9.17, 15) is 9.59 Å². The van der Waals surface area contributed by atoms with Crippen molar-refractivity contribution in [1.82, 2.24) is 4.90 Å². The van der Waals surface area contributed by atoms with Gasteiger partial charge in [0.1, 0.15) is 0 Å². The van der Waals surface area contributed by atoms with E-state index in [0.29, 0.717) is 12.1 Å². The van der Waals surface area contributed by atoms with Gasteiger partial charge in [-0.25, -0.2) is 0 Å². The number of benzene rings is 1. The van der Waals surface area contributed by atoms with Crippen molar-refractivity contribution in [3.63, 3.8) is 0 Å². The Morgan fingerprint density at radius 3 is 2.79 bits per heavy atom. The van der Waals surface area contributed by atoms with Crippen molar-refractivity contribution in [3.8, 4) is 0 Å². The van der Waals surface area contributed by atoms with Gasteiger partial charge in [0.05, 0.1) is 11.6 Å². The van der Waals surface area contributed by atoms with E-state index < -0.39 is 5.91 Å². The second-order valence-electron chi connectivity index (χ2n) is 6.06. The summed E-state index contributed by atoms with van der Waals surface area (Å²) in [6.45, 7) is 1.40. The molecular formula is C18H21N3O2S. The Morgan fingerprint density at radius 1 is 1.38 bits per heavy atom. The average molecular weight is 343 g/mol. The number of hydrogen-bond donors (Lipinski definition) is 1. The van der Waals surface area contributed by atoms with E-state index in [0.717, 1.165) is 30.0 Å². The maximum absolute atomic E-state index is 12.9. The Labute approximate surface area is 145 Å². The number of rotatable bonds is 5. The quantitative estimate of drug-likeness (QED) is 0.907. The van der Waals surface area contributed by atoms with E-state index in [4.69, 9.17) is 5.73 Å². The van der Waals surface area contributed by atoms with Crippen LogP contribution in [0, 0.1) is 0 Å². The molecule has 2 aromatic rings. The van der Waals surface area contributed by atoms with Crippen LogP contribution in [0.5, 0.6) is 0 Å². The first-order valence-electron chi connectivity index (χ1n) is 8.00. The second kappa shape index (κ2) is 7.15. The third-order valence-electron chi connectivity index (χ3n) is 4.35. The first kappa shape index (κ1) is 16.7. The monoisotopic (exact) mass is 343 g/mol. The van der Waals surface area contributed by atoms with E-state index in [1.807, 2.05) is 48.3 Å². The van der Waals surface area contributed by atoms with Gasteiger partial charge in [-0.3, -0.25) is 14.5 Å². The molecule has 24 heavy (non-hydrogen) atoms. The summed E-state index contributed by atoms with van der Waals surface area (Å²) in [5, 5.41) is 1.77. The van der Waals surface area contributed by atoms with Crippen LogP contribution in [0.25, 0.3) is 0 Å². The van der Waals surface area contributed by atoms with Crippen LogP contribution < -0.4 is 10.6 Å². The molecule has 2 amide bonds. The zero-order valence-corrected chi connectivity index (χ0v) is 14.5. The standard InChI is InChI=1S/C18H21N3O2S/c1-20(11-15-10-13(12-24-15)17(19)22)16-8-5-9-21(18(16)23)14-6-3-2-4-7-14/h2-4,6-7,10,12,16H,5,8-9,11H2,1H3,(H2,19,22). The molecular weight excluding hydrogens is 322 g/mol. The van der Waals surface area contributed by atoms with Crippen LogP contribution in [0.3, 0.4) is 0 Å². The summed E-state index contributed by atoms with van der Waals surface area (Å²) in [6, 6.07) is 11.5. The van der Waals surface area contributed by atoms with Gasteiger partial charge in [-0.1, -0.05) is 18.2 Å². The third-order valence-corrected chi connectivity index (χ3v) is 5.28. The molecule has 1 aliphatic rings. The van der Waals surface area contributed by atoms with Gasteiger partial charge in [-0.15, -0.1) is 11.3 Å². The molecule has 5 nitrogen and oxygen atoms in total. The predicted octanol–water partition coefficient (Wildman–Crippen LogP) is 2.47. The summed E-state index contributed by atoms with van der Waals surface area (Å²) >= 11 is 1.50. The zero-order chi connectivity index (χ0) is 17.1. The molecule has 0 saturated carbocycles. The van der Waals surface area contributed by atoms with Crippen LogP contribution in [0.4, 0.5) is 5.69 Å². The molecule has 3 rings (SSSR count). The van der Waals surface area contributed by atoms with Crippen molar-refractivity contribution in [1.29, 1.82) is 0 Å². The fourth-order valence-electron chi connectivity index (χ4n) is 3.08. The molecule has 1 aromatic carbocycles. The molecule has 1 saturated heterocycles. The van der Waals surface area contributed by atoms with Crippen LogP contribution in [-0.2, 0) is 11.3 Å². The molecule has 1 unspecified atom stereocenters. The second-order valence-corrected chi connectivity index (χ2v) is 7.06. The fraction of sp³-hybridized carbons (Fsp3) is 0.333. The average Bonchev–Trinajstić information content (AvgIpc) is 3.04. The molecule has 0 radical (unpaired) electrons. The summed E-state index contributed by atoms with van der Waals surface area (Å²) in [5.74, 6) is -0.272. The summed E-state index contributed by atoms with van der Waals surface area (Å²) in [5.41, 5.74) is 6.78. The first-order chi connectivity index (χ1) is 11.6. The highest BCUT2D eigenvalue weighted by molar-refractivity contribution is 7.10. The highest BCUT2D eigenvalue weighted by Crippen LogP contribution is 2.25. The number of hydrogen-bond acceptors (Lipinski definition) is 4. The SMILES string of the molecule is CN(Cc1cc(C(N)=O)cs1)C1CCCN(c2ccccc2)C1=O. The number of thiophene rings is 1. The van der Waals surface area contributed by atoms with Gasteiger partial charge in [-0.05, 0) is 38.1 Å². The molecule has 0 bridgehead atoms. The molecule has 1 fully saturated rings. The summed E-state index contributed by atoms with van der Waals surface area (Å²) in [6.07, 6.45) is 1.83. The highest BCUT2D eigenvalue weighted by atomic mass is 32.1. The number of likely N-dealkylation sites (N-methyl/N-ethyl adjacent to an activating group) is 1. The molecule has 126 valence electrons. The minimum Gasteiger partial charge on any atom is -0.366 e. The molecule has 0 aliphatic carbocycles. The Morgan fingerprint density at radius 2 is 2.12 bits per heavy atom. The van der Waals surface area contributed by atoms with Gasteiger partial charge < -0.3 is 10.6 Å². The van der Waals surface area contributed by atoms with E-state index in [1.165, 1.54) is 11.3 Å². The number of carbonyl (C=O) groups excluding carboxylic acids is 2. The van der Waals surface area contributed by atoms with Crippen LogP contribution in [0.1, 0.15) is 28.1 Å². The Hall–Kier alpha value is -2.18. The van der Waals surface area contributed by atoms with Gasteiger partial charge in [0.25, 0.3) is 0 Å². The Balaban J connectivity index is 1.70. The number of para-hydroxylation sites is 1. The van der Waals surface area contributed by atoms with Gasteiger partial charge >= 0.3 is 0 Å². The summed E-state index contributed by atoms with van der Waals surface area (Å²) < 4.78 is 0. The molecule has 0 spiro atoms. The van der Waals surface area contributed by atoms with E-state index in [2.05, 4.69) is 4.90 Å². The lowest BCUT2D eigenvalue weighted by atomic mass is 10.0. The molecule has 6 heteroatoms. The van der Waals surface area contributed by atoms with Gasteiger partial charge in [0.2, 0.25) is 11.8 Å². The maximum Gasteiger partial charge on any atom is 0.249 e. The minimum atomic E-state index is -0.413. The normalized spacial score (nSPS) is 18.2. The summed E-state index contributed by atoms with van der Waals surface area (Å²) in [7, 11) is 1.96. The number of carbonyl (C=O) groups is 2. The first-order valence-corrected chi connectivity index (χ1v) is 8.88. The van der Waals surface area contributed by atoms with Crippen LogP contribution >= 0.6 is 11.3 Å².